The molecule has 0 saturated carbocycles. The van der Waals surface area contributed by atoms with Crippen molar-refractivity contribution < 1.29 is 9.53 Å². The van der Waals surface area contributed by atoms with Crippen molar-refractivity contribution in [2.75, 3.05) is 13.2 Å². The van der Waals surface area contributed by atoms with Crippen molar-refractivity contribution >= 4 is 5.78 Å². The van der Waals surface area contributed by atoms with E-state index in [0.29, 0.717) is 12.4 Å². The zero-order valence-electron chi connectivity index (χ0n) is 12.3. The SMILES string of the molecule is CCc1cc(CC)c(C(=O)C2CCOC2)c(CC)c1. The van der Waals surface area contributed by atoms with Gasteiger partial charge in [-0.3, -0.25) is 4.79 Å². The van der Waals surface area contributed by atoms with Crippen LogP contribution in [0.25, 0.3) is 0 Å². The lowest BCUT2D eigenvalue weighted by molar-refractivity contribution is 0.0898. The monoisotopic (exact) mass is 260 g/mol. The van der Waals surface area contributed by atoms with Crippen molar-refractivity contribution in [1.29, 1.82) is 0 Å². The lowest BCUT2D eigenvalue weighted by Crippen LogP contribution is -2.19. The Labute approximate surface area is 116 Å². The fourth-order valence-electron chi connectivity index (χ4n) is 2.86. The van der Waals surface area contributed by atoms with Gasteiger partial charge < -0.3 is 4.74 Å². The van der Waals surface area contributed by atoms with E-state index in [1.807, 2.05) is 0 Å². The van der Waals surface area contributed by atoms with E-state index >= 15 is 0 Å². The first-order valence-corrected chi connectivity index (χ1v) is 7.47. The first kappa shape index (κ1) is 14.3. The summed E-state index contributed by atoms with van der Waals surface area (Å²) in [5, 5.41) is 0. The summed E-state index contributed by atoms with van der Waals surface area (Å²) in [7, 11) is 0. The van der Waals surface area contributed by atoms with Crippen molar-refractivity contribution in [1.82, 2.24) is 0 Å². The van der Waals surface area contributed by atoms with Gasteiger partial charge in [0.15, 0.2) is 5.78 Å². The zero-order chi connectivity index (χ0) is 13.8. The highest BCUT2D eigenvalue weighted by atomic mass is 16.5. The zero-order valence-corrected chi connectivity index (χ0v) is 12.3. The van der Waals surface area contributed by atoms with Crippen LogP contribution in [0.1, 0.15) is 54.2 Å². The van der Waals surface area contributed by atoms with Crippen molar-refractivity contribution in [3.8, 4) is 0 Å². The summed E-state index contributed by atoms with van der Waals surface area (Å²) in [6.45, 7) is 7.76. The lowest BCUT2D eigenvalue weighted by atomic mass is 9.86. The van der Waals surface area contributed by atoms with Crippen molar-refractivity contribution in [3.05, 3.63) is 34.4 Å². The number of rotatable bonds is 5. The Morgan fingerprint density at radius 2 is 1.79 bits per heavy atom. The summed E-state index contributed by atoms with van der Waals surface area (Å²) in [6.07, 6.45) is 3.76. The predicted octanol–water partition coefficient (Wildman–Crippen LogP) is 3.59. The number of ketones is 1. The summed E-state index contributed by atoms with van der Waals surface area (Å²) in [5.74, 6) is 0.372. The van der Waals surface area contributed by atoms with Crippen LogP contribution in [0, 0.1) is 5.92 Å². The van der Waals surface area contributed by atoms with Crippen molar-refractivity contribution in [2.45, 2.75) is 46.5 Å². The highest BCUT2D eigenvalue weighted by Gasteiger charge is 2.27. The second kappa shape index (κ2) is 6.33. The number of aryl methyl sites for hydroxylation is 3. The van der Waals surface area contributed by atoms with E-state index < -0.39 is 0 Å². The molecule has 2 nitrogen and oxygen atoms in total. The average Bonchev–Trinajstić information content (AvgIpc) is 2.99. The van der Waals surface area contributed by atoms with Gasteiger partial charge in [-0.1, -0.05) is 32.9 Å². The summed E-state index contributed by atoms with van der Waals surface area (Å²) in [4.78, 5) is 12.7. The highest BCUT2D eigenvalue weighted by molar-refractivity contribution is 6.01. The fourth-order valence-corrected chi connectivity index (χ4v) is 2.86. The van der Waals surface area contributed by atoms with Crippen LogP contribution in [0.4, 0.5) is 0 Å². The molecule has 1 aliphatic rings. The van der Waals surface area contributed by atoms with E-state index in [4.69, 9.17) is 4.74 Å². The van der Waals surface area contributed by atoms with Gasteiger partial charge in [0.25, 0.3) is 0 Å². The Hall–Kier alpha value is -1.15. The normalized spacial score (nSPS) is 18.8. The number of hydrogen-bond donors (Lipinski definition) is 0. The van der Waals surface area contributed by atoms with Gasteiger partial charge in [0.2, 0.25) is 0 Å². The van der Waals surface area contributed by atoms with Gasteiger partial charge in [-0.25, -0.2) is 0 Å². The number of hydrogen-bond acceptors (Lipinski definition) is 2. The Kier molecular flexibility index (Phi) is 4.76. The molecule has 1 aromatic rings. The predicted molar refractivity (Wildman–Crippen MR) is 77.8 cm³/mol. The third kappa shape index (κ3) is 2.89. The fraction of sp³-hybridized carbons (Fsp3) is 0.588. The van der Waals surface area contributed by atoms with Crippen molar-refractivity contribution in [2.24, 2.45) is 5.92 Å². The first-order valence-electron chi connectivity index (χ1n) is 7.47. The van der Waals surface area contributed by atoms with Gasteiger partial charge >= 0.3 is 0 Å². The Balaban J connectivity index is 2.44. The maximum absolute atomic E-state index is 12.7. The largest absolute Gasteiger partial charge is 0.381 e. The third-order valence-electron chi connectivity index (χ3n) is 4.08. The Morgan fingerprint density at radius 1 is 1.16 bits per heavy atom. The number of carbonyl (C=O) groups excluding carboxylic acids is 1. The summed E-state index contributed by atoms with van der Waals surface area (Å²) >= 11 is 0. The van der Waals surface area contributed by atoms with Crippen LogP contribution < -0.4 is 0 Å². The van der Waals surface area contributed by atoms with E-state index in [1.54, 1.807) is 0 Å². The maximum atomic E-state index is 12.7. The Morgan fingerprint density at radius 3 is 2.21 bits per heavy atom. The van der Waals surface area contributed by atoms with E-state index in [0.717, 1.165) is 37.9 Å². The number of carbonyl (C=O) groups is 1. The molecule has 0 spiro atoms. The standard InChI is InChI=1S/C17H24O2/c1-4-12-9-13(5-2)16(14(6-3)10-12)17(18)15-7-8-19-11-15/h9-10,15H,4-8,11H2,1-3H3. The van der Waals surface area contributed by atoms with Gasteiger partial charge in [0, 0.05) is 18.1 Å². The summed E-state index contributed by atoms with van der Waals surface area (Å²) < 4.78 is 5.37. The number of benzene rings is 1. The van der Waals surface area contributed by atoms with Crippen LogP contribution >= 0.6 is 0 Å². The maximum Gasteiger partial charge on any atom is 0.168 e. The molecule has 0 aliphatic carbocycles. The molecule has 2 rings (SSSR count). The molecule has 1 heterocycles. The molecular weight excluding hydrogens is 236 g/mol. The molecule has 0 radical (unpaired) electrons. The molecule has 1 aromatic carbocycles. The molecule has 104 valence electrons. The van der Waals surface area contributed by atoms with Crippen LogP contribution in [-0.2, 0) is 24.0 Å². The molecule has 0 N–H and O–H groups in total. The molecule has 0 aromatic heterocycles. The van der Waals surface area contributed by atoms with Crippen LogP contribution in [0.15, 0.2) is 12.1 Å². The minimum Gasteiger partial charge on any atom is -0.381 e. The van der Waals surface area contributed by atoms with Gasteiger partial charge in [-0.15, -0.1) is 0 Å². The average molecular weight is 260 g/mol. The highest BCUT2D eigenvalue weighted by Crippen LogP contribution is 2.26. The molecule has 1 atom stereocenters. The smallest absolute Gasteiger partial charge is 0.168 e. The number of Topliss-reactive ketones (excluding diaryl/α,β-unsaturated/α-hetero) is 1. The molecular formula is C17H24O2. The minimum absolute atomic E-state index is 0.0723. The van der Waals surface area contributed by atoms with E-state index in [9.17, 15) is 4.79 Å². The van der Waals surface area contributed by atoms with Crippen LogP contribution in [0.5, 0.6) is 0 Å². The van der Waals surface area contributed by atoms with E-state index in [1.165, 1.54) is 16.7 Å². The molecule has 1 saturated heterocycles. The second-order valence-corrected chi connectivity index (χ2v) is 5.27. The number of ether oxygens (including phenoxy) is 1. The summed E-state index contributed by atoms with van der Waals surface area (Å²) in [5.41, 5.74) is 4.76. The molecule has 19 heavy (non-hydrogen) atoms. The van der Waals surface area contributed by atoms with Crippen molar-refractivity contribution in [3.63, 3.8) is 0 Å². The van der Waals surface area contributed by atoms with Crippen LogP contribution in [0.2, 0.25) is 0 Å². The van der Waals surface area contributed by atoms with E-state index in [-0.39, 0.29) is 5.92 Å². The van der Waals surface area contributed by atoms with Gasteiger partial charge in [0.1, 0.15) is 0 Å². The quantitative estimate of drug-likeness (QED) is 0.756. The van der Waals surface area contributed by atoms with Crippen LogP contribution in [0.3, 0.4) is 0 Å². The topological polar surface area (TPSA) is 26.3 Å². The van der Waals surface area contributed by atoms with Crippen LogP contribution in [-0.4, -0.2) is 19.0 Å². The molecule has 1 fully saturated rings. The first-order chi connectivity index (χ1) is 9.21. The van der Waals surface area contributed by atoms with Gasteiger partial charge in [0.05, 0.1) is 6.61 Å². The summed E-state index contributed by atoms with van der Waals surface area (Å²) in [6, 6.07) is 4.42. The van der Waals surface area contributed by atoms with Gasteiger partial charge in [-0.05, 0) is 42.4 Å². The second-order valence-electron chi connectivity index (χ2n) is 5.27. The molecule has 1 unspecified atom stereocenters. The third-order valence-corrected chi connectivity index (χ3v) is 4.08. The minimum atomic E-state index is 0.0723. The lowest BCUT2D eigenvalue weighted by Gasteiger charge is -2.17. The molecule has 1 aliphatic heterocycles. The molecule has 0 amide bonds. The Bertz CT molecular complexity index is 431. The molecule has 0 bridgehead atoms. The van der Waals surface area contributed by atoms with E-state index in [2.05, 4.69) is 32.9 Å². The van der Waals surface area contributed by atoms with Gasteiger partial charge in [-0.2, -0.15) is 0 Å². The molecule has 2 heteroatoms.